The first-order chi connectivity index (χ1) is 8.44. The molecule has 1 saturated heterocycles. The third-order valence-electron chi connectivity index (χ3n) is 2.90. The van der Waals surface area contributed by atoms with E-state index in [1.54, 1.807) is 19.1 Å². The van der Waals surface area contributed by atoms with Crippen LogP contribution < -0.4 is 5.32 Å². The van der Waals surface area contributed by atoms with Crippen molar-refractivity contribution in [2.45, 2.75) is 19.1 Å². The van der Waals surface area contributed by atoms with Crippen LogP contribution in [-0.4, -0.2) is 41.1 Å². The lowest BCUT2D eigenvalue weighted by molar-refractivity contribution is -0.130. The third kappa shape index (κ3) is 3.70. The molecule has 0 radical (unpaired) electrons. The van der Waals surface area contributed by atoms with Crippen molar-refractivity contribution in [2.24, 2.45) is 0 Å². The van der Waals surface area contributed by atoms with Crippen LogP contribution in [-0.2, 0) is 11.3 Å². The van der Waals surface area contributed by atoms with E-state index in [1.807, 2.05) is 17.0 Å². The van der Waals surface area contributed by atoms with Gasteiger partial charge in [-0.3, -0.25) is 9.69 Å². The van der Waals surface area contributed by atoms with Gasteiger partial charge in [-0.15, -0.1) is 0 Å². The van der Waals surface area contributed by atoms with Crippen LogP contribution in [0.4, 0.5) is 0 Å². The summed E-state index contributed by atoms with van der Waals surface area (Å²) in [6.45, 7) is 3.72. The third-order valence-corrected chi connectivity index (χ3v) is 3.15. The maximum atomic E-state index is 11.6. The van der Waals surface area contributed by atoms with Gasteiger partial charge in [-0.25, -0.2) is 0 Å². The Morgan fingerprint density at radius 1 is 1.44 bits per heavy atom. The number of aliphatic hydroxyl groups is 1. The smallest absolute Gasteiger partial charge is 0.234 e. The molecule has 1 heterocycles. The summed E-state index contributed by atoms with van der Waals surface area (Å²) in [7, 11) is 0. The number of amides is 1. The summed E-state index contributed by atoms with van der Waals surface area (Å²) in [4.78, 5) is 13.6. The van der Waals surface area contributed by atoms with Gasteiger partial charge in [0.15, 0.2) is 0 Å². The van der Waals surface area contributed by atoms with E-state index in [0.717, 1.165) is 5.56 Å². The molecule has 1 aromatic rings. The molecular formula is C13H17ClN2O2. The Balaban J connectivity index is 1.71. The molecule has 0 aliphatic carbocycles. The summed E-state index contributed by atoms with van der Waals surface area (Å²) >= 11 is 5.78. The molecule has 4 nitrogen and oxygen atoms in total. The standard InChI is InChI=1S/C13H17ClN2O2/c1-13(18)8-16(9-13)7-12(17)15-6-10-2-4-11(14)5-3-10/h2-5,18H,6-9H2,1H3,(H,15,17). The summed E-state index contributed by atoms with van der Waals surface area (Å²) in [5, 5.41) is 13.1. The SMILES string of the molecule is CC1(O)CN(CC(=O)NCc2ccc(Cl)cc2)C1. The molecule has 2 rings (SSSR count). The Morgan fingerprint density at radius 3 is 2.61 bits per heavy atom. The number of likely N-dealkylation sites (tertiary alicyclic amines) is 1. The van der Waals surface area contributed by atoms with E-state index >= 15 is 0 Å². The molecule has 0 unspecified atom stereocenters. The first kappa shape index (κ1) is 13.3. The number of nitrogens with zero attached hydrogens (tertiary/aromatic N) is 1. The van der Waals surface area contributed by atoms with Gasteiger partial charge in [-0.2, -0.15) is 0 Å². The Hall–Kier alpha value is -1.10. The molecule has 0 bridgehead atoms. The minimum absolute atomic E-state index is 0.0274. The zero-order valence-corrected chi connectivity index (χ0v) is 11.1. The van der Waals surface area contributed by atoms with Gasteiger partial charge >= 0.3 is 0 Å². The van der Waals surface area contributed by atoms with Gasteiger partial charge in [0.2, 0.25) is 5.91 Å². The average Bonchev–Trinajstić information content (AvgIpc) is 2.26. The van der Waals surface area contributed by atoms with Gasteiger partial charge in [0.1, 0.15) is 0 Å². The van der Waals surface area contributed by atoms with E-state index in [-0.39, 0.29) is 5.91 Å². The molecule has 0 spiro atoms. The molecular weight excluding hydrogens is 252 g/mol. The van der Waals surface area contributed by atoms with E-state index in [1.165, 1.54) is 0 Å². The quantitative estimate of drug-likeness (QED) is 0.857. The number of hydrogen-bond acceptors (Lipinski definition) is 3. The van der Waals surface area contributed by atoms with Crippen LogP contribution in [0.25, 0.3) is 0 Å². The number of β-amino-alcohol motifs (C(OH)–C–C–N with tert-alkyl or cyclic N) is 1. The molecule has 0 saturated carbocycles. The van der Waals surface area contributed by atoms with Crippen LogP contribution in [0, 0.1) is 0 Å². The van der Waals surface area contributed by atoms with Crippen molar-refractivity contribution >= 4 is 17.5 Å². The second-order valence-electron chi connectivity index (χ2n) is 5.05. The number of carbonyl (C=O) groups is 1. The molecule has 18 heavy (non-hydrogen) atoms. The Kier molecular flexibility index (Phi) is 3.90. The van der Waals surface area contributed by atoms with Gasteiger partial charge in [0, 0.05) is 24.7 Å². The molecule has 5 heteroatoms. The van der Waals surface area contributed by atoms with Crippen LogP contribution in [0.5, 0.6) is 0 Å². The van der Waals surface area contributed by atoms with E-state index in [9.17, 15) is 9.90 Å². The number of halogens is 1. The van der Waals surface area contributed by atoms with Crippen molar-refractivity contribution in [1.29, 1.82) is 0 Å². The molecule has 1 amide bonds. The maximum absolute atomic E-state index is 11.6. The zero-order chi connectivity index (χ0) is 13.2. The van der Waals surface area contributed by atoms with Crippen molar-refractivity contribution in [2.75, 3.05) is 19.6 Å². The summed E-state index contributed by atoms with van der Waals surface area (Å²) < 4.78 is 0. The molecule has 0 aromatic heterocycles. The van der Waals surface area contributed by atoms with Crippen LogP contribution in [0.15, 0.2) is 24.3 Å². The first-order valence-corrected chi connectivity index (χ1v) is 6.28. The number of nitrogens with one attached hydrogen (secondary N) is 1. The number of rotatable bonds is 4. The molecule has 1 fully saturated rings. The lowest BCUT2D eigenvalue weighted by atomic mass is 9.97. The molecule has 2 N–H and O–H groups in total. The summed E-state index contributed by atoms with van der Waals surface area (Å²) in [5.74, 6) is -0.0274. The highest BCUT2D eigenvalue weighted by molar-refractivity contribution is 6.30. The minimum Gasteiger partial charge on any atom is -0.388 e. The highest BCUT2D eigenvalue weighted by atomic mass is 35.5. The van der Waals surface area contributed by atoms with Crippen molar-refractivity contribution in [1.82, 2.24) is 10.2 Å². The number of carbonyl (C=O) groups excluding carboxylic acids is 1. The van der Waals surface area contributed by atoms with Gasteiger partial charge in [0.05, 0.1) is 12.1 Å². The van der Waals surface area contributed by atoms with Crippen molar-refractivity contribution in [3.63, 3.8) is 0 Å². The highest BCUT2D eigenvalue weighted by Crippen LogP contribution is 2.18. The molecule has 98 valence electrons. The van der Waals surface area contributed by atoms with Crippen LogP contribution in [0.2, 0.25) is 5.02 Å². The molecule has 1 aromatic carbocycles. The average molecular weight is 269 g/mol. The minimum atomic E-state index is -0.629. The second-order valence-corrected chi connectivity index (χ2v) is 5.48. The fourth-order valence-corrected chi connectivity index (χ4v) is 2.22. The first-order valence-electron chi connectivity index (χ1n) is 5.90. The van der Waals surface area contributed by atoms with Gasteiger partial charge < -0.3 is 10.4 Å². The topological polar surface area (TPSA) is 52.6 Å². The number of hydrogen-bond donors (Lipinski definition) is 2. The zero-order valence-electron chi connectivity index (χ0n) is 10.3. The number of benzene rings is 1. The summed E-state index contributed by atoms with van der Waals surface area (Å²) in [6, 6.07) is 7.37. The Labute approximate surface area is 112 Å². The Morgan fingerprint density at radius 2 is 2.06 bits per heavy atom. The monoisotopic (exact) mass is 268 g/mol. The van der Waals surface area contributed by atoms with Gasteiger partial charge in [-0.05, 0) is 24.6 Å². The molecule has 0 atom stereocenters. The van der Waals surface area contributed by atoms with Crippen molar-refractivity contribution in [3.8, 4) is 0 Å². The predicted octanol–water partition coefficient (Wildman–Crippen LogP) is 1.02. The van der Waals surface area contributed by atoms with E-state index in [4.69, 9.17) is 11.6 Å². The Bertz CT molecular complexity index is 423. The maximum Gasteiger partial charge on any atom is 0.234 e. The highest BCUT2D eigenvalue weighted by Gasteiger charge is 2.36. The summed E-state index contributed by atoms with van der Waals surface area (Å²) in [5.41, 5.74) is 0.388. The lowest BCUT2D eigenvalue weighted by Crippen LogP contribution is -2.61. The molecule has 1 aliphatic rings. The van der Waals surface area contributed by atoms with Crippen LogP contribution in [0.3, 0.4) is 0 Å². The van der Waals surface area contributed by atoms with Gasteiger partial charge in [-0.1, -0.05) is 23.7 Å². The van der Waals surface area contributed by atoms with Crippen LogP contribution in [0.1, 0.15) is 12.5 Å². The predicted molar refractivity (Wildman–Crippen MR) is 70.4 cm³/mol. The fourth-order valence-electron chi connectivity index (χ4n) is 2.09. The van der Waals surface area contributed by atoms with E-state index < -0.39 is 5.60 Å². The normalized spacial score (nSPS) is 18.2. The lowest BCUT2D eigenvalue weighted by Gasteiger charge is -2.43. The second kappa shape index (κ2) is 5.26. The largest absolute Gasteiger partial charge is 0.388 e. The van der Waals surface area contributed by atoms with E-state index in [2.05, 4.69) is 5.32 Å². The van der Waals surface area contributed by atoms with Crippen molar-refractivity contribution in [3.05, 3.63) is 34.9 Å². The fraction of sp³-hybridized carbons (Fsp3) is 0.462. The van der Waals surface area contributed by atoms with Gasteiger partial charge in [0.25, 0.3) is 0 Å². The van der Waals surface area contributed by atoms with Crippen molar-refractivity contribution < 1.29 is 9.90 Å². The summed E-state index contributed by atoms with van der Waals surface area (Å²) in [6.07, 6.45) is 0. The van der Waals surface area contributed by atoms with Crippen LogP contribution >= 0.6 is 11.6 Å². The van der Waals surface area contributed by atoms with E-state index in [0.29, 0.717) is 31.2 Å². The molecule has 1 aliphatic heterocycles.